The number of carbonyl (C=O) groups is 1. The van der Waals surface area contributed by atoms with Crippen LogP contribution in [0.1, 0.15) is 37.8 Å². The summed E-state index contributed by atoms with van der Waals surface area (Å²) in [7, 11) is 0. The number of nitrogens with two attached hydrogens (primary N) is 1. The number of nitrogen functional groups attached to an aromatic ring is 1. The normalized spacial score (nSPS) is 14.3. The average Bonchev–Trinajstić information content (AvgIpc) is 2.77. The molecule has 0 saturated heterocycles. The second kappa shape index (κ2) is 8.86. The summed E-state index contributed by atoms with van der Waals surface area (Å²) in [5.41, 5.74) is 9.30. The van der Waals surface area contributed by atoms with Crippen molar-refractivity contribution in [2.24, 2.45) is 0 Å². The molecule has 0 atom stereocenters. The third kappa shape index (κ3) is 4.37. The second-order valence-corrected chi connectivity index (χ2v) is 7.48. The largest absolute Gasteiger partial charge is 0.396 e. The molecule has 0 bridgehead atoms. The number of aryl methyl sites for hydroxylation is 1. The average molecular weight is 403 g/mol. The Morgan fingerprint density at radius 3 is 2.63 bits per heavy atom. The predicted octanol–water partition coefficient (Wildman–Crippen LogP) is 4.20. The van der Waals surface area contributed by atoms with Crippen molar-refractivity contribution in [3.8, 4) is 11.3 Å². The fourth-order valence-corrected chi connectivity index (χ4v) is 3.74. The van der Waals surface area contributed by atoms with E-state index in [9.17, 15) is 4.79 Å². The van der Waals surface area contributed by atoms with Crippen molar-refractivity contribution in [2.45, 2.75) is 45.1 Å². The van der Waals surface area contributed by atoms with Crippen LogP contribution in [0.15, 0.2) is 49.1 Å². The van der Waals surface area contributed by atoms with Gasteiger partial charge in [0.2, 0.25) is 0 Å². The van der Waals surface area contributed by atoms with Gasteiger partial charge in [-0.15, -0.1) is 0 Å². The van der Waals surface area contributed by atoms with Gasteiger partial charge >= 0.3 is 6.03 Å². The number of nitrogens with one attached hydrogen (secondary N) is 1. The maximum Gasteiger partial charge on any atom is 0.328 e. The maximum absolute atomic E-state index is 13.3. The number of nitrogens with zero attached hydrogens (tertiary/aromatic N) is 5. The lowest BCUT2D eigenvalue weighted by atomic mass is 9.94. The van der Waals surface area contributed by atoms with E-state index in [1.54, 1.807) is 29.4 Å². The van der Waals surface area contributed by atoms with E-state index in [1.165, 1.54) is 12.7 Å². The zero-order valence-electron chi connectivity index (χ0n) is 17.0. The van der Waals surface area contributed by atoms with Crippen LogP contribution < -0.4 is 16.0 Å². The molecule has 0 unspecified atom stereocenters. The van der Waals surface area contributed by atoms with Gasteiger partial charge in [-0.1, -0.05) is 19.3 Å². The third-order valence-corrected chi connectivity index (χ3v) is 5.32. The van der Waals surface area contributed by atoms with E-state index in [1.807, 2.05) is 25.1 Å². The van der Waals surface area contributed by atoms with Gasteiger partial charge in [-0.05, 0) is 50.1 Å². The van der Waals surface area contributed by atoms with Crippen molar-refractivity contribution < 1.29 is 4.79 Å². The van der Waals surface area contributed by atoms with E-state index in [0.717, 1.165) is 42.6 Å². The Morgan fingerprint density at radius 1 is 1.10 bits per heavy atom. The minimum Gasteiger partial charge on any atom is -0.396 e. The van der Waals surface area contributed by atoms with Crippen molar-refractivity contribution in [3.05, 3.63) is 54.7 Å². The molecule has 1 aliphatic carbocycles. The summed E-state index contributed by atoms with van der Waals surface area (Å²) in [5, 5.41) is 2.86. The molecule has 4 rings (SSSR count). The zero-order chi connectivity index (χ0) is 20.9. The lowest BCUT2D eigenvalue weighted by Crippen LogP contribution is -2.45. The zero-order valence-corrected chi connectivity index (χ0v) is 17.0. The number of aromatic nitrogens is 4. The first kappa shape index (κ1) is 19.8. The van der Waals surface area contributed by atoms with E-state index in [0.29, 0.717) is 17.3 Å². The quantitative estimate of drug-likeness (QED) is 0.676. The molecule has 3 aromatic rings. The lowest BCUT2D eigenvalue weighted by molar-refractivity contribution is 0.252. The molecule has 3 N–H and O–H groups in total. The van der Waals surface area contributed by atoms with Crippen molar-refractivity contribution in [3.63, 3.8) is 0 Å². The van der Waals surface area contributed by atoms with Crippen LogP contribution in [0.4, 0.5) is 22.1 Å². The fraction of sp³-hybridized carbons (Fsp3) is 0.318. The minimum absolute atomic E-state index is 0.0294. The monoisotopic (exact) mass is 403 g/mol. The Balaban J connectivity index is 1.71. The molecule has 1 fully saturated rings. The number of rotatable bonds is 4. The highest BCUT2D eigenvalue weighted by molar-refractivity contribution is 6.03. The van der Waals surface area contributed by atoms with E-state index in [-0.39, 0.29) is 12.1 Å². The molecular formula is C22H25N7O. The van der Waals surface area contributed by atoms with Gasteiger partial charge in [-0.2, -0.15) is 0 Å². The standard InChI is InChI=1S/C22H25N7O/c1-15-7-8-16(13-25-15)19-10-9-18(23)21(27-19)29(17-5-3-2-4-6-17)22(30)28-20-11-12-24-14-26-20/h7-14,17H,2-6,23H2,1H3,(H,24,26,28,30). The second-order valence-electron chi connectivity index (χ2n) is 7.48. The number of hydrogen-bond donors (Lipinski definition) is 2. The Labute approximate surface area is 175 Å². The van der Waals surface area contributed by atoms with Crippen molar-refractivity contribution >= 4 is 23.4 Å². The molecular weight excluding hydrogens is 378 g/mol. The summed E-state index contributed by atoms with van der Waals surface area (Å²) in [6.07, 6.45) is 9.92. The Morgan fingerprint density at radius 2 is 1.93 bits per heavy atom. The number of urea groups is 1. The van der Waals surface area contributed by atoms with Crippen LogP contribution in [0, 0.1) is 6.92 Å². The molecule has 154 valence electrons. The molecule has 1 saturated carbocycles. The van der Waals surface area contributed by atoms with Crippen molar-refractivity contribution in [2.75, 3.05) is 16.0 Å². The first-order valence-corrected chi connectivity index (χ1v) is 10.2. The Bertz CT molecular complexity index is 1000. The first-order valence-electron chi connectivity index (χ1n) is 10.2. The van der Waals surface area contributed by atoms with Gasteiger partial charge in [0, 0.05) is 29.7 Å². The van der Waals surface area contributed by atoms with Gasteiger partial charge in [0.1, 0.15) is 12.1 Å². The van der Waals surface area contributed by atoms with Crippen LogP contribution in [-0.4, -0.2) is 32.0 Å². The van der Waals surface area contributed by atoms with Crippen LogP contribution in [0.3, 0.4) is 0 Å². The summed E-state index contributed by atoms with van der Waals surface area (Å²) >= 11 is 0. The fourth-order valence-electron chi connectivity index (χ4n) is 3.74. The highest BCUT2D eigenvalue weighted by Gasteiger charge is 2.30. The van der Waals surface area contributed by atoms with E-state index >= 15 is 0 Å². The van der Waals surface area contributed by atoms with Gasteiger partial charge in [-0.25, -0.2) is 19.7 Å². The molecule has 1 aliphatic rings. The summed E-state index contributed by atoms with van der Waals surface area (Å²) in [6, 6.07) is 8.95. The minimum atomic E-state index is -0.293. The number of anilines is 3. The molecule has 8 nitrogen and oxygen atoms in total. The molecule has 0 aromatic carbocycles. The lowest BCUT2D eigenvalue weighted by Gasteiger charge is -2.34. The molecule has 8 heteroatoms. The molecule has 0 radical (unpaired) electrons. The molecule has 3 heterocycles. The number of carbonyl (C=O) groups excluding carboxylic acids is 1. The van der Waals surface area contributed by atoms with E-state index < -0.39 is 0 Å². The summed E-state index contributed by atoms with van der Waals surface area (Å²) in [5.74, 6) is 0.903. The van der Waals surface area contributed by atoms with Crippen LogP contribution in [0.25, 0.3) is 11.3 Å². The SMILES string of the molecule is Cc1ccc(-c2ccc(N)c(N(C(=O)Nc3ccncn3)C3CCCCC3)n2)cn1. The van der Waals surface area contributed by atoms with Gasteiger partial charge in [0.25, 0.3) is 0 Å². The Hall–Kier alpha value is -3.55. The highest BCUT2D eigenvalue weighted by Crippen LogP contribution is 2.32. The highest BCUT2D eigenvalue weighted by atomic mass is 16.2. The first-order chi connectivity index (χ1) is 14.6. The summed E-state index contributed by atoms with van der Waals surface area (Å²) < 4.78 is 0. The van der Waals surface area contributed by atoms with Gasteiger partial charge in [0.05, 0.1) is 11.4 Å². The topological polar surface area (TPSA) is 110 Å². The van der Waals surface area contributed by atoms with Gasteiger partial charge in [-0.3, -0.25) is 15.2 Å². The summed E-state index contributed by atoms with van der Waals surface area (Å²) in [4.78, 5) is 32.1. The van der Waals surface area contributed by atoms with Gasteiger partial charge < -0.3 is 5.73 Å². The molecule has 3 aromatic heterocycles. The molecule has 0 aliphatic heterocycles. The van der Waals surface area contributed by atoms with Crippen LogP contribution >= 0.6 is 0 Å². The predicted molar refractivity (Wildman–Crippen MR) is 117 cm³/mol. The van der Waals surface area contributed by atoms with Crippen molar-refractivity contribution in [1.82, 2.24) is 19.9 Å². The van der Waals surface area contributed by atoms with Crippen molar-refractivity contribution in [1.29, 1.82) is 0 Å². The van der Waals surface area contributed by atoms with Crippen LogP contribution in [-0.2, 0) is 0 Å². The van der Waals surface area contributed by atoms with E-state index in [4.69, 9.17) is 10.7 Å². The smallest absolute Gasteiger partial charge is 0.328 e. The molecule has 0 spiro atoms. The summed E-state index contributed by atoms with van der Waals surface area (Å²) in [6.45, 7) is 1.94. The number of amides is 2. The number of pyridine rings is 2. The van der Waals surface area contributed by atoms with Crippen LogP contribution in [0.5, 0.6) is 0 Å². The van der Waals surface area contributed by atoms with E-state index in [2.05, 4.69) is 20.3 Å². The Kier molecular flexibility index (Phi) is 5.83. The van der Waals surface area contributed by atoms with Gasteiger partial charge in [0.15, 0.2) is 5.82 Å². The molecule has 30 heavy (non-hydrogen) atoms. The third-order valence-electron chi connectivity index (χ3n) is 5.32. The molecule has 2 amide bonds. The number of hydrogen-bond acceptors (Lipinski definition) is 6. The maximum atomic E-state index is 13.3. The van der Waals surface area contributed by atoms with Crippen LogP contribution in [0.2, 0.25) is 0 Å².